The van der Waals surface area contributed by atoms with Crippen molar-refractivity contribution in [1.82, 2.24) is 0 Å². The summed E-state index contributed by atoms with van der Waals surface area (Å²) in [6.07, 6.45) is 5.39. The molecule has 0 bridgehead atoms. The van der Waals surface area contributed by atoms with Crippen LogP contribution in [0, 0.1) is 5.92 Å². The summed E-state index contributed by atoms with van der Waals surface area (Å²) in [6, 6.07) is 0. The molecule has 2 rings (SSSR count). The number of nitrogens with zero attached hydrogens (tertiary/aromatic N) is 1. The van der Waals surface area contributed by atoms with E-state index in [4.69, 9.17) is 4.74 Å². The summed E-state index contributed by atoms with van der Waals surface area (Å²) < 4.78 is 5.32. The Morgan fingerprint density at radius 1 is 1.70 bits per heavy atom. The van der Waals surface area contributed by atoms with Gasteiger partial charge in [-0.05, 0) is 19.4 Å². The summed E-state index contributed by atoms with van der Waals surface area (Å²) in [6.45, 7) is 2.94. The van der Waals surface area contributed by atoms with Crippen molar-refractivity contribution in [3.05, 3.63) is 12.3 Å². The summed E-state index contributed by atoms with van der Waals surface area (Å²) in [5.74, 6) is 0.609. The Morgan fingerprint density at radius 3 is 3.50 bits per heavy atom. The highest BCUT2D eigenvalue weighted by Crippen LogP contribution is 2.25. The zero-order valence-corrected chi connectivity index (χ0v) is 6.08. The van der Waals surface area contributed by atoms with Gasteiger partial charge < -0.3 is 4.74 Å². The van der Waals surface area contributed by atoms with E-state index in [1.54, 1.807) is 0 Å². The van der Waals surface area contributed by atoms with Crippen molar-refractivity contribution >= 4 is 5.71 Å². The Hall–Kier alpha value is -0.790. The molecule has 0 aromatic carbocycles. The summed E-state index contributed by atoms with van der Waals surface area (Å²) in [7, 11) is 0. The lowest BCUT2D eigenvalue weighted by Gasteiger charge is -2.21. The maximum atomic E-state index is 5.32. The summed E-state index contributed by atoms with van der Waals surface area (Å²) in [4.78, 5) is 4.32. The first-order chi connectivity index (χ1) is 4.86. The van der Waals surface area contributed by atoms with Crippen LogP contribution in [0.3, 0.4) is 0 Å². The van der Waals surface area contributed by atoms with Gasteiger partial charge in [-0.25, -0.2) is 0 Å². The molecule has 0 spiro atoms. The Morgan fingerprint density at radius 2 is 2.60 bits per heavy atom. The molecule has 0 saturated heterocycles. The summed E-state index contributed by atoms with van der Waals surface area (Å²) >= 11 is 0. The van der Waals surface area contributed by atoms with Crippen molar-refractivity contribution in [3.63, 3.8) is 0 Å². The average molecular weight is 137 g/mol. The van der Waals surface area contributed by atoms with Gasteiger partial charge in [-0.1, -0.05) is 0 Å². The van der Waals surface area contributed by atoms with Crippen LogP contribution in [0.1, 0.15) is 13.3 Å². The normalized spacial score (nSPS) is 36.7. The molecule has 0 saturated carbocycles. The number of hydrogen-bond donors (Lipinski definition) is 0. The monoisotopic (exact) mass is 137 g/mol. The second-order valence-electron chi connectivity index (χ2n) is 2.95. The first kappa shape index (κ1) is 5.96. The first-order valence-corrected chi connectivity index (χ1v) is 3.68. The van der Waals surface area contributed by atoms with Gasteiger partial charge in [0.2, 0.25) is 0 Å². The largest absolute Gasteiger partial charge is 0.496 e. The van der Waals surface area contributed by atoms with Crippen molar-refractivity contribution in [2.45, 2.75) is 19.4 Å². The minimum atomic E-state index is 0.351. The van der Waals surface area contributed by atoms with Crippen LogP contribution in [-0.4, -0.2) is 18.4 Å². The van der Waals surface area contributed by atoms with Crippen molar-refractivity contribution in [3.8, 4) is 0 Å². The summed E-state index contributed by atoms with van der Waals surface area (Å²) in [5, 5.41) is 0. The summed E-state index contributed by atoms with van der Waals surface area (Å²) in [5.41, 5.74) is 1.26. The van der Waals surface area contributed by atoms with Crippen LogP contribution in [0.4, 0.5) is 0 Å². The highest BCUT2D eigenvalue weighted by Gasteiger charge is 2.27. The quantitative estimate of drug-likeness (QED) is 0.494. The molecular weight excluding hydrogens is 126 g/mol. The van der Waals surface area contributed by atoms with E-state index in [-0.39, 0.29) is 0 Å². The second-order valence-corrected chi connectivity index (χ2v) is 2.95. The molecule has 10 heavy (non-hydrogen) atoms. The third-order valence-corrected chi connectivity index (χ3v) is 2.13. The van der Waals surface area contributed by atoms with Crippen molar-refractivity contribution in [2.24, 2.45) is 10.9 Å². The van der Waals surface area contributed by atoms with Crippen LogP contribution in [0.25, 0.3) is 0 Å². The lowest BCUT2D eigenvalue weighted by molar-refractivity contribution is 0.140. The van der Waals surface area contributed by atoms with Gasteiger partial charge in [0.15, 0.2) is 0 Å². The van der Waals surface area contributed by atoms with Crippen LogP contribution in [0.5, 0.6) is 0 Å². The molecule has 2 atom stereocenters. The maximum Gasteiger partial charge on any atom is 0.124 e. The van der Waals surface area contributed by atoms with E-state index in [2.05, 4.69) is 18.0 Å². The van der Waals surface area contributed by atoms with Gasteiger partial charge in [0.1, 0.15) is 6.10 Å². The Kier molecular flexibility index (Phi) is 1.26. The van der Waals surface area contributed by atoms with Crippen LogP contribution in [0.15, 0.2) is 17.3 Å². The van der Waals surface area contributed by atoms with Crippen LogP contribution < -0.4 is 0 Å². The van der Waals surface area contributed by atoms with Gasteiger partial charge in [0.25, 0.3) is 0 Å². The number of fused-ring (bicyclic) bond motifs is 1. The molecule has 2 aliphatic heterocycles. The molecule has 0 N–H and O–H groups in total. The Bertz CT molecular complexity index is 195. The minimum Gasteiger partial charge on any atom is -0.496 e. The minimum absolute atomic E-state index is 0.351. The molecule has 0 amide bonds. The van der Waals surface area contributed by atoms with E-state index < -0.39 is 0 Å². The van der Waals surface area contributed by atoms with E-state index in [1.807, 2.05) is 6.26 Å². The second kappa shape index (κ2) is 2.11. The predicted octanol–water partition coefficient (Wildman–Crippen LogP) is 1.38. The molecule has 2 heteroatoms. The highest BCUT2D eigenvalue weighted by atomic mass is 16.5. The fourth-order valence-corrected chi connectivity index (χ4v) is 1.50. The standard InChI is InChI=1S/C8H11NO/c1-6-4-7-2-3-10-8(7)5-9-6/h2-3,7-8H,4-5H2,1H3. The predicted molar refractivity (Wildman–Crippen MR) is 40.1 cm³/mol. The van der Waals surface area contributed by atoms with E-state index in [1.165, 1.54) is 5.71 Å². The van der Waals surface area contributed by atoms with Gasteiger partial charge in [-0.15, -0.1) is 0 Å². The number of aliphatic imine (C=N–C) groups is 1. The SMILES string of the molecule is CC1=NCC2OC=CC2C1. The van der Waals surface area contributed by atoms with Gasteiger partial charge in [0.05, 0.1) is 12.8 Å². The van der Waals surface area contributed by atoms with Gasteiger partial charge in [-0.2, -0.15) is 0 Å². The van der Waals surface area contributed by atoms with E-state index in [0.29, 0.717) is 12.0 Å². The van der Waals surface area contributed by atoms with E-state index in [0.717, 1.165) is 13.0 Å². The molecule has 2 heterocycles. The molecule has 2 unspecified atom stereocenters. The molecule has 0 fully saturated rings. The molecule has 2 aliphatic rings. The third kappa shape index (κ3) is 0.838. The van der Waals surface area contributed by atoms with E-state index >= 15 is 0 Å². The highest BCUT2D eigenvalue weighted by molar-refractivity contribution is 5.83. The van der Waals surface area contributed by atoms with E-state index in [9.17, 15) is 0 Å². The van der Waals surface area contributed by atoms with Gasteiger partial charge in [-0.3, -0.25) is 4.99 Å². The lowest BCUT2D eigenvalue weighted by Crippen LogP contribution is -2.26. The molecular formula is C8H11NO. The Labute approximate surface area is 60.6 Å². The zero-order chi connectivity index (χ0) is 6.97. The molecule has 0 aromatic heterocycles. The molecule has 0 aromatic rings. The number of hydrogen-bond acceptors (Lipinski definition) is 2. The van der Waals surface area contributed by atoms with Crippen molar-refractivity contribution in [1.29, 1.82) is 0 Å². The molecule has 2 nitrogen and oxygen atoms in total. The molecule has 54 valence electrons. The topological polar surface area (TPSA) is 21.6 Å². The number of rotatable bonds is 0. The average Bonchev–Trinajstić information content (AvgIpc) is 2.33. The third-order valence-electron chi connectivity index (χ3n) is 2.13. The van der Waals surface area contributed by atoms with Crippen molar-refractivity contribution in [2.75, 3.05) is 6.54 Å². The zero-order valence-electron chi connectivity index (χ0n) is 6.08. The fraction of sp³-hybridized carbons (Fsp3) is 0.625. The Balaban J connectivity index is 2.14. The smallest absolute Gasteiger partial charge is 0.124 e. The van der Waals surface area contributed by atoms with Crippen LogP contribution in [-0.2, 0) is 4.74 Å². The molecule has 0 aliphatic carbocycles. The van der Waals surface area contributed by atoms with Crippen LogP contribution >= 0.6 is 0 Å². The van der Waals surface area contributed by atoms with Crippen LogP contribution in [0.2, 0.25) is 0 Å². The number of ether oxygens (including phenoxy) is 1. The molecule has 0 radical (unpaired) electrons. The van der Waals surface area contributed by atoms with Crippen molar-refractivity contribution < 1.29 is 4.74 Å². The first-order valence-electron chi connectivity index (χ1n) is 3.68. The van der Waals surface area contributed by atoms with Gasteiger partial charge in [0, 0.05) is 11.6 Å². The van der Waals surface area contributed by atoms with Gasteiger partial charge >= 0.3 is 0 Å². The fourth-order valence-electron chi connectivity index (χ4n) is 1.50. The maximum absolute atomic E-state index is 5.32. The lowest BCUT2D eigenvalue weighted by atomic mass is 9.95.